The number of nitrogens with zero attached hydrogens (tertiary/aromatic N) is 1. The lowest BCUT2D eigenvalue weighted by Crippen LogP contribution is -2.33. The Morgan fingerprint density at radius 3 is 2.50 bits per heavy atom. The number of rotatable bonds is 3. The fourth-order valence-corrected chi connectivity index (χ4v) is 3.00. The van der Waals surface area contributed by atoms with Crippen molar-refractivity contribution in [3.63, 3.8) is 0 Å². The lowest BCUT2D eigenvalue weighted by molar-refractivity contribution is -0.384. The Labute approximate surface area is 120 Å². The zero-order chi connectivity index (χ0) is 14.9. The summed E-state index contributed by atoms with van der Waals surface area (Å²) in [5.74, 6) is 1.25. The molecule has 0 saturated heterocycles. The molecule has 3 unspecified atom stereocenters. The van der Waals surface area contributed by atoms with Gasteiger partial charge < -0.3 is 5.32 Å². The number of benzene rings is 1. The quantitative estimate of drug-likeness (QED) is 0.655. The molecule has 2 rings (SSSR count). The van der Waals surface area contributed by atoms with Gasteiger partial charge >= 0.3 is 0 Å². The molecule has 0 spiro atoms. The molecule has 0 aliphatic heterocycles. The molecule has 0 bridgehead atoms. The van der Waals surface area contributed by atoms with Crippen molar-refractivity contribution in [3.05, 3.63) is 33.4 Å². The molecule has 1 aromatic carbocycles. The smallest absolute Gasteiger partial charge is 0.292 e. The number of anilines is 1. The van der Waals surface area contributed by atoms with E-state index in [1.54, 1.807) is 6.07 Å². The third-order valence-electron chi connectivity index (χ3n) is 4.61. The van der Waals surface area contributed by atoms with E-state index in [9.17, 15) is 10.1 Å². The van der Waals surface area contributed by atoms with Gasteiger partial charge in [-0.05, 0) is 55.7 Å². The number of nitro groups is 1. The van der Waals surface area contributed by atoms with E-state index in [1.165, 1.54) is 12.8 Å². The van der Waals surface area contributed by atoms with Gasteiger partial charge in [0.25, 0.3) is 5.69 Å². The molecule has 0 aromatic heterocycles. The molecule has 4 nitrogen and oxygen atoms in total. The van der Waals surface area contributed by atoms with E-state index < -0.39 is 0 Å². The lowest BCUT2D eigenvalue weighted by atomic mass is 9.80. The predicted octanol–water partition coefficient (Wildman–Crippen LogP) is 4.45. The van der Waals surface area contributed by atoms with Crippen LogP contribution in [0.2, 0.25) is 0 Å². The molecule has 1 aliphatic carbocycles. The maximum Gasteiger partial charge on any atom is 0.292 e. The molecular formula is C16H24N2O2. The highest BCUT2D eigenvalue weighted by Crippen LogP contribution is 2.34. The molecule has 110 valence electrons. The van der Waals surface area contributed by atoms with Crippen LogP contribution in [0.1, 0.15) is 44.2 Å². The van der Waals surface area contributed by atoms with Gasteiger partial charge in [-0.15, -0.1) is 0 Å². The van der Waals surface area contributed by atoms with E-state index in [2.05, 4.69) is 19.2 Å². The Hall–Kier alpha value is -1.58. The Morgan fingerprint density at radius 2 is 1.85 bits per heavy atom. The van der Waals surface area contributed by atoms with Gasteiger partial charge in [0.1, 0.15) is 5.69 Å². The van der Waals surface area contributed by atoms with Crippen LogP contribution in [-0.4, -0.2) is 11.0 Å². The third-order valence-corrected chi connectivity index (χ3v) is 4.61. The summed E-state index contributed by atoms with van der Waals surface area (Å²) in [6.45, 7) is 8.40. The van der Waals surface area contributed by atoms with Crippen LogP contribution in [0.25, 0.3) is 0 Å². The minimum absolute atomic E-state index is 0.193. The Morgan fingerprint density at radius 1 is 1.20 bits per heavy atom. The van der Waals surface area contributed by atoms with Gasteiger partial charge in [0, 0.05) is 12.1 Å². The molecule has 20 heavy (non-hydrogen) atoms. The molecule has 0 amide bonds. The highest BCUT2D eigenvalue weighted by Gasteiger charge is 2.27. The molecule has 1 saturated carbocycles. The SMILES string of the molecule is Cc1cc(NC2CC(C)CCC2C)c([N+](=O)[O-])cc1C. The third kappa shape index (κ3) is 3.11. The predicted molar refractivity (Wildman–Crippen MR) is 82.2 cm³/mol. The summed E-state index contributed by atoms with van der Waals surface area (Å²) >= 11 is 0. The van der Waals surface area contributed by atoms with Crippen molar-refractivity contribution in [1.82, 2.24) is 0 Å². The fraction of sp³-hybridized carbons (Fsp3) is 0.625. The van der Waals surface area contributed by atoms with Crippen LogP contribution < -0.4 is 5.32 Å². The summed E-state index contributed by atoms with van der Waals surface area (Å²) < 4.78 is 0. The number of nitro benzene ring substituents is 1. The Kier molecular flexibility index (Phi) is 4.31. The van der Waals surface area contributed by atoms with Crippen molar-refractivity contribution >= 4 is 11.4 Å². The van der Waals surface area contributed by atoms with E-state index in [1.807, 2.05) is 19.9 Å². The van der Waals surface area contributed by atoms with Crippen LogP contribution >= 0.6 is 0 Å². The first kappa shape index (κ1) is 14.8. The standard InChI is InChI=1S/C16H24N2O2/c1-10-5-6-11(2)14(7-10)17-15-8-12(3)13(4)9-16(15)18(19)20/h8-11,14,17H,5-7H2,1-4H3. The number of hydrogen-bond acceptors (Lipinski definition) is 3. The number of nitrogens with one attached hydrogen (secondary N) is 1. The first-order valence-electron chi connectivity index (χ1n) is 7.40. The molecule has 1 aliphatic rings. The average Bonchev–Trinajstić information content (AvgIpc) is 2.37. The first-order chi connectivity index (χ1) is 9.38. The van der Waals surface area contributed by atoms with Crippen LogP contribution in [0, 0.1) is 35.8 Å². The zero-order valence-corrected chi connectivity index (χ0v) is 12.8. The van der Waals surface area contributed by atoms with Crippen molar-refractivity contribution in [1.29, 1.82) is 0 Å². The van der Waals surface area contributed by atoms with Gasteiger partial charge in [0.15, 0.2) is 0 Å². The minimum Gasteiger partial charge on any atom is -0.376 e. The summed E-state index contributed by atoms with van der Waals surface area (Å²) in [6.07, 6.45) is 3.54. The van der Waals surface area contributed by atoms with Crippen LogP contribution in [0.4, 0.5) is 11.4 Å². The normalized spacial score (nSPS) is 26.3. The summed E-state index contributed by atoms with van der Waals surface area (Å²) in [4.78, 5) is 11.0. The van der Waals surface area contributed by atoms with Gasteiger partial charge in [0.2, 0.25) is 0 Å². The van der Waals surface area contributed by atoms with E-state index in [0.29, 0.717) is 23.6 Å². The number of aryl methyl sites for hydroxylation is 2. The molecular weight excluding hydrogens is 252 g/mol. The molecule has 1 fully saturated rings. The minimum atomic E-state index is -0.286. The van der Waals surface area contributed by atoms with Crippen LogP contribution in [0.3, 0.4) is 0 Å². The molecule has 4 heteroatoms. The van der Waals surface area contributed by atoms with E-state index >= 15 is 0 Å². The van der Waals surface area contributed by atoms with Crippen molar-refractivity contribution in [2.75, 3.05) is 5.32 Å². The van der Waals surface area contributed by atoms with E-state index in [4.69, 9.17) is 0 Å². The summed E-state index contributed by atoms with van der Waals surface area (Å²) in [7, 11) is 0. The van der Waals surface area contributed by atoms with Gasteiger partial charge in [0.05, 0.1) is 4.92 Å². The number of hydrogen-bond donors (Lipinski definition) is 1. The second kappa shape index (κ2) is 5.81. The van der Waals surface area contributed by atoms with Crippen LogP contribution in [0.5, 0.6) is 0 Å². The fourth-order valence-electron chi connectivity index (χ4n) is 3.00. The first-order valence-corrected chi connectivity index (χ1v) is 7.40. The average molecular weight is 276 g/mol. The van der Waals surface area contributed by atoms with Crippen molar-refractivity contribution in [2.45, 2.75) is 53.0 Å². The molecule has 3 atom stereocenters. The maximum absolute atomic E-state index is 11.2. The largest absolute Gasteiger partial charge is 0.376 e. The van der Waals surface area contributed by atoms with E-state index in [-0.39, 0.29) is 10.6 Å². The summed E-state index contributed by atoms with van der Waals surface area (Å²) in [5, 5.41) is 14.7. The Balaban J connectivity index is 2.27. The summed E-state index contributed by atoms with van der Waals surface area (Å²) in [5.41, 5.74) is 2.92. The highest BCUT2D eigenvalue weighted by atomic mass is 16.6. The van der Waals surface area contributed by atoms with Gasteiger partial charge in [-0.1, -0.05) is 20.3 Å². The molecule has 1 N–H and O–H groups in total. The molecule has 0 heterocycles. The lowest BCUT2D eigenvalue weighted by Gasteiger charge is -2.34. The Bertz CT molecular complexity index is 513. The second-order valence-electron chi connectivity index (χ2n) is 6.36. The summed E-state index contributed by atoms with van der Waals surface area (Å²) in [6, 6.07) is 3.92. The zero-order valence-electron chi connectivity index (χ0n) is 12.8. The monoisotopic (exact) mass is 276 g/mol. The second-order valence-corrected chi connectivity index (χ2v) is 6.36. The topological polar surface area (TPSA) is 55.2 Å². The van der Waals surface area contributed by atoms with E-state index in [0.717, 1.165) is 17.5 Å². The van der Waals surface area contributed by atoms with Crippen LogP contribution in [0.15, 0.2) is 12.1 Å². The maximum atomic E-state index is 11.2. The highest BCUT2D eigenvalue weighted by molar-refractivity contribution is 5.65. The molecule has 1 aromatic rings. The van der Waals surface area contributed by atoms with Gasteiger partial charge in [-0.2, -0.15) is 0 Å². The van der Waals surface area contributed by atoms with Gasteiger partial charge in [-0.25, -0.2) is 0 Å². The van der Waals surface area contributed by atoms with Crippen molar-refractivity contribution in [2.24, 2.45) is 11.8 Å². The molecule has 0 radical (unpaired) electrons. The van der Waals surface area contributed by atoms with Crippen molar-refractivity contribution < 1.29 is 4.92 Å². The van der Waals surface area contributed by atoms with Crippen molar-refractivity contribution in [3.8, 4) is 0 Å². The van der Waals surface area contributed by atoms with Gasteiger partial charge in [-0.3, -0.25) is 10.1 Å². The van der Waals surface area contributed by atoms with Crippen LogP contribution in [-0.2, 0) is 0 Å².